The number of piperidine rings is 4. The molecule has 4 saturated heterocycles. The van der Waals surface area contributed by atoms with Gasteiger partial charge < -0.3 is 40.1 Å². The molecule has 12 atom stereocenters. The Hall–Kier alpha value is -4.08. The maximum absolute atomic E-state index is 9.91. The number of rotatable bonds is 2. The number of likely N-dealkylation sites (N-methyl/N-ethyl adjacent to an activating group) is 2. The molecule has 408 valence electrons. The van der Waals surface area contributed by atoms with Crippen LogP contribution >= 0.6 is 0 Å². The van der Waals surface area contributed by atoms with E-state index in [9.17, 15) is 10.2 Å². The van der Waals surface area contributed by atoms with Gasteiger partial charge in [0.25, 0.3) is 0 Å². The summed E-state index contributed by atoms with van der Waals surface area (Å²) in [5.41, 5.74) is 14.0. The summed E-state index contributed by atoms with van der Waals surface area (Å²) in [7, 11) is 8.20. The van der Waals surface area contributed by atoms with Gasteiger partial charge in [0.15, 0.2) is 0 Å². The molecule has 8 bridgehead atoms. The topological polar surface area (TPSA) is 89.5 Å². The highest BCUT2D eigenvalue weighted by molar-refractivity contribution is 5.49. The first-order chi connectivity index (χ1) is 37.1. The first-order valence-corrected chi connectivity index (χ1v) is 30.9. The van der Waals surface area contributed by atoms with E-state index in [0.717, 1.165) is 66.3 Å². The predicted octanol–water partition coefficient (Wildman–Crippen LogP) is 12.2. The number of aromatic hydroxyl groups is 2. The molecule has 8 heteroatoms. The lowest BCUT2D eigenvalue weighted by atomic mass is 9.52. The summed E-state index contributed by atoms with van der Waals surface area (Å²) in [4.78, 5) is 5.21. The molecule has 4 aromatic carbocycles. The van der Waals surface area contributed by atoms with Gasteiger partial charge >= 0.3 is 0 Å². The number of likely N-dealkylation sites (tertiary alicyclic amines) is 2. The molecule has 12 aliphatic rings. The average Bonchev–Trinajstić information content (AvgIpc) is 3.47. The van der Waals surface area contributed by atoms with Gasteiger partial charge in [0.2, 0.25) is 0 Å². The number of nitrogens with one attached hydrogen (secondary N) is 2. The molecule has 0 amide bonds. The van der Waals surface area contributed by atoms with Crippen molar-refractivity contribution in [3.8, 4) is 23.0 Å². The van der Waals surface area contributed by atoms with E-state index in [2.05, 4.69) is 95.2 Å². The zero-order valence-electron chi connectivity index (χ0n) is 47.0. The minimum absolute atomic E-state index is 0.375. The van der Waals surface area contributed by atoms with Crippen molar-refractivity contribution in [1.29, 1.82) is 0 Å². The Bertz CT molecular complexity index is 2750. The van der Waals surface area contributed by atoms with Crippen molar-refractivity contribution in [2.75, 3.05) is 54.5 Å². The summed E-state index contributed by atoms with van der Waals surface area (Å²) in [6, 6.07) is 28.7. The van der Waals surface area contributed by atoms with E-state index in [-0.39, 0.29) is 0 Å². The van der Waals surface area contributed by atoms with E-state index in [1.54, 1.807) is 36.5 Å². The van der Waals surface area contributed by atoms with Crippen LogP contribution < -0.4 is 20.1 Å². The molecule has 4 N–H and O–H groups in total. The molecule has 8 aliphatic carbocycles. The van der Waals surface area contributed by atoms with Gasteiger partial charge in [-0.05, 0) is 260 Å². The normalized spacial score (nSPS) is 36.9. The zero-order chi connectivity index (χ0) is 51.8. The largest absolute Gasteiger partial charge is 0.508 e. The second-order valence-corrected chi connectivity index (χ2v) is 26.8. The van der Waals surface area contributed by atoms with Crippen LogP contribution in [0.2, 0.25) is 0 Å². The summed E-state index contributed by atoms with van der Waals surface area (Å²) in [5, 5.41) is 27.3. The third-order valence-electron chi connectivity index (χ3n) is 23.9. The van der Waals surface area contributed by atoms with Crippen LogP contribution in [-0.2, 0) is 47.3 Å². The van der Waals surface area contributed by atoms with Gasteiger partial charge in [-0.15, -0.1) is 0 Å². The molecular formula is C68H92N4O4. The Balaban J connectivity index is 0.0000000971. The number of ether oxygens (including phenoxy) is 2. The summed E-state index contributed by atoms with van der Waals surface area (Å²) >= 11 is 0. The molecule has 0 aromatic heterocycles. The molecule has 76 heavy (non-hydrogen) atoms. The van der Waals surface area contributed by atoms with E-state index >= 15 is 0 Å². The van der Waals surface area contributed by atoms with Crippen LogP contribution in [-0.4, -0.2) is 98.7 Å². The first kappa shape index (κ1) is 51.4. The first-order valence-electron chi connectivity index (χ1n) is 30.9. The molecule has 4 saturated carbocycles. The zero-order valence-corrected chi connectivity index (χ0v) is 47.0. The van der Waals surface area contributed by atoms with Crippen molar-refractivity contribution in [1.82, 2.24) is 20.4 Å². The molecule has 16 rings (SSSR count). The smallest absolute Gasteiger partial charge is 0.119 e. The number of hydrogen-bond acceptors (Lipinski definition) is 8. The average molecular weight is 1030 g/mol. The highest BCUT2D eigenvalue weighted by Gasteiger charge is 2.56. The van der Waals surface area contributed by atoms with Crippen LogP contribution in [0.3, 0.4) is 0 Å². The number of methoxy groups -OCH3 is 2. The van der Waals surface area contributed by atoms with E-state index in [1.807, 2.05) is 12.1 Å². The van der Waals surface area contributed by atoms with E-state index in [4.69, 9.17) is 9.47 Å². The summed E-state index contributed by atoms with van der Waals surface area (Å²) in [6.45, 7) is 4.82. The number of benzene rings is 4. The van der Waals surface area contributed by atoms with Gasteiger partial charge in [-0.25, -0.2) is 0 Å². The quantitative estimate of drug-likeness (QED) is 0.158. The third kappa shape index (κ3) is 8.48. The summed E-state index contributed by atoms with van der Waals surface area (Å²) < 4.78 is 11.0. The fraction of sp³-hybridized carbons (Fsp3) is 0.647. The Morgan fingerprint density at radius 2 is 0.776 bits per heavy atom. The molecule has 0 radical (unpaired) electrons. The maximum Gasteiger partial charge on any atom is 0.119 e. The van der Waals surface area contributed by atoms with Crippen LogP contribution in [0.15, 0.2) is 72.8 Å². The standard InChI is InChI=1S/C18H25NO.2C17H23NO.C16H21NO/c1-19-10-9-18-8-4-3-5-15(18)17(19)11-13-6-7-14(20-2)12-16(13)18;1-19-13-6-5-12-10-16-14-4-2-3-7-17(14,8-9-18-16)15(12)11-13;1-18-9-8-17-7-3-2-4-14(17)16(18)10-12-5-6-13(19)11-15(12)17;18-12-5-4-11-9-15-13-3-1-2-6-16(13,7-8-17-15)14(11)10-12/h6-7,12,15,17H,3-5,8-11H2,1-2H3;5-6,11,14,16,18H,2-4,7-10H2,1H3;5-6,11,14,16,19H,2-4,7-10H2,1H3;4-5,10,13,15,17-18H,1-3,6-9H2/t15?,17-,18-;2*14?,16-,17-;13?,15-,16-/m0000/s1. The van der Waals surface area contributed by atoms with Gasteiger partial charge in [0, 0.05) is 45.8 Å². The number of fused-ring (bicyclic) bond motifs is 4. The Labute approximate surface area is 456 Å². The highest BCUT2D eigenvalue weighted by atomic mass is 16.5. The third-order valence-corrected chi connectivity index (χ3v) is 23.9. The van der Waals surface area contributed by atoms with Gasteiger partial charge in [0.1, 0.15) is 23.0 Å². The second-order valence-electron chi connectivity index (χ2n) is 26.8. The Morgan fingerprint density at radius 3 is 1.18 bits per heavy atom. The maximum atomic E-state index is 9.91. The van der Waals surface area contributed by atoms with Crippen molar-refractivity contribution in [3.05, 3.63) is 117 Å². The van der Waals surface area contributed by atoms with Crippen LogP contribution in [0.25, 0.3) is 0 Å². The van der Waals surface area contributed by atoms with Gasteiger partial charge in [-0.2, -0.15) is 0 Å². The summed E-state index contributed by atoms with van der Waals surface area (Å²) in [6.07, 6.45) is 32.1. The van der Waals surface area contributed by atoms with Crippen molar-refractivity contribution >= 4 is 0 Å². The minimum atomic E-state index is 0.375. The van der Waals surface area contributed by atoms with Crippen LogP contribution in [0.5, 0.6) is 23.0 Å². The summed E-state index contributed by atoms with van der Waals surface area (Å²) in [5.74, 6) is 6.32. The van der Waals surface area contributed by atoms with Gasteiger partial charge in [-0.1, -0.05) is 75.6 Å². The molecule has 8 fully saturated rings. The van der Waals surface area contributed by atoms with Crippen molar-refractivity contribution in [2.45, 2.75) is 200 Å². The monoisotopic (exact) mass is 1030 g/mol. The van der Waals surface area contributed by atoms with Gasteiger partial charge in [0.05, 0.1) is 14.2 Å². The highest BCUT2D eigenvalue weighted by Crippen LogP contribution is 2.59. The predicted molar refractivity (Wildman–Crippen MR) is 306 cm³/mol. The lowest BCUT2D eigenvalue weighted by Crippen LogP contribution is -2.59. The number of phenolic OH excluding ortho intramolecular Hbond substituents is 2. The van der Waals surface area contributed by atoms with E-state index in [0.29, 0.717) is 39.2 Å². The molecule has 0 spiro atoms. The van der Waals surface area contributed by atoms with Crippen molar-refractivity contribution in [2.24, 2.45) is 23.7 Å². The van der Waals surface area contributed by atoms with Crippen molar-refractivity contribution in [3.63, 3.8) is 0 Å². The molecule has 8 nitrogen and oxygen atoms in total. The van der Waals surface area contributed by atoms with E-state index < -0.39 is 0 Å². The fourth-order valence-electron chi connectivity index (χ4n) is 20.4. The van der Waals surface area contributed by atoms with Crippen LogP contribution in [0, 0.1) is 23.7 Å². The molecule has 4 aromatic rings. The molecule has 4 heterocycles. The van der Waals surface area contributed by atoms with Gasteiger partial charge in [-0.3, -0.25) is 0 Å². The van der Waals surface area contributed by atoms with Crippen molar-refractivity contribution < 1.29 is 19.7 Å². The lowest BCUT2D eigenvalue weighted by Gasteiger charge is -2.58. The lowest BCUT2D eigenvalue weighted by molar-refractivity contribution is 0.00272. The number of phenols is 2. The van der Waals surface area contributed by atoms with Crippen LogP contribution in [0.4, 0.5) is 0 Å². The van der Waals surface area contributed by atoms with E-state index in [1.165, 1.54) is 190 Å². The molecule has 4 unspecified atom stereocenters. The fourth-order valence-corrected chi connectivity index (χ4v) is 20.4. The SMILES string of the molecule is CN1CC[C@@]23CCCCC2[C@@H]1Cc1ccc(O)cc13.COc1ccc2c(c1)[C@]13CCCCC1[C@H](C2)N(C)CC3.COc1ccc2c(c1)[C@]13CCCCC1[C@H](C2)NCC3.Oc1ccc2c(c1)[C@]13CCCCC1[C@H](C2)NCC3. The second kappa shape index (κ2) is 20.5. The van der Waals surface area contributed by atoms with Crippen LogP contribution in [0.1, 0.15) is 173 Å². The Morgan fingerprint density at radius 1 is 0.421 bits per heavy atom. The molecular weight excluding hydrogens is 937 g/mol. The number of hydrogen-bond donors (Lipinski definition) is 4. The molecule has 4 aliphatic heterocycles. The Kier molecular flexibility index (Phi) is 13.9. The minimum Gasteiger partial charge on any atom is -0.508 e. The number of nitrogens with zero attached hydrogens (tertiary/aromatic N) is 2.